The van der Waals surface area contributed by atoms with E-state index in [1.807, 2.05) is 0 Å². The lowest BCUT2D eigenvalue weighted by atomic mass is 10.2. The first-order chi connectivity index (χ1) is 10.0. The second-order valence-corrected chi connectivity index (χ2v) is 4.83. The Morgan fingerprint density at radius 2 is 1.62 bits per heavy atom. The van der Waals surface area contributed by atoms with Gasteiger partial charge in [-0.25, -0.2) is 4.39 Å². The highest BCUT2D eigenvalue weighted by Crippen LogP contribution is 2.29. The molecular formula is C14H9Br2FO4. The molecule has 0 saturated heterocycles. The summed E-state index contributed by atoms with van der Waals surface area (Å²) in [6, 6.07) is 9.02. The Morgan fingerprint density at radius 1 is 1.05 bits per heavy atom. The molecule has 0 radical (unpaired) electrons. The number of halogens is 3. The molecule has 0 aromatic heterocycles. The fourth-order valence-electron chi connectivity index (χ4n) is 1.33. The zero-order chi connectivity index (χ0) is 15.8. The molecule has 4 nitrogen and oxygen atoms in total. The molecule has 0 spiro atoms. The maximum Gasteiger partial charge on any atom is 0.179 e. The minimum atomic E-state index is -0.774. The fraction of sp³-hybridized carbons (Fsp3) is 0. The Morgan fingerprint density at radius 3 is 2.10 bits per heavy atom. The van der Waals surface area contributed by atoms with Gasteiger partial charge in [0.15, 0.2) is 46.1 Å². The summed E-state index contributed by atoms with van der Waals surface area (Å²) in [7, 11) is 0. The van der Waals surface area contributed by atoms with Crippen molar-refractivity contribution >= 4 is 44.8 Å². The van der Waals surface area contributed by atoms with E-state index in [4.69, 9.17) is 8.93 Å². The summed E-state index contributed by atoms with van der Waals surface area (Å²) in [5.41, 5.74) is 0.483. The predicted molar refractivity (Wildman–Crippen MR) is 82.5 cm³/mol. The monoisotopic (exact) mass is 418 g/mol. The quantitative estimate of drug-likeness (QED) is 0.753. The molecule has 110 valence electrons. The van der Waals surface area contributed by atoms with E-state index in [-0.39, 0.29) is 5.56 Å². The lowest BCUT2D eigenvalue weighted by Crippen LogP contribution is -1.85. The molecule has 0 fully saturated rings. The first kappa shape index (κ1) is 17.3. The van der Waals surface area contributed by atoms with Gasteiger partial charge in [-0.3, -0.25) is 9.59 Å². The van der Waals surface area contributed by atoms with Crippen molar-refractivity contribution < 1.29 is 22.9 Å². The van der Waals surface area contributed by atoms with Crippen molar-refractivity contribution in [3.05, 3.63) is 57.8 Å². The van der Waals surface area contributed by atoms with Crippen LogP contribution in [0.1, 0.15) is 20.7 Å². The maximum atomic E-state index is 12.4. The summed E-state index contributed by atoms with van der Waals surface area (Å²) in [4.78, 5) is 20.5. The number of aldehydes is 2. The van der Waals surface area contributed by atoms with Gasteiger partial charge in [0, 0.05) is 0 Å². The summed E-state index contributed by atoms with van der Waals surface area (Å²) in [5, 5.41) is 8.79. The molecule has 0 heterocycles. The zero-order valence-electron chi connectivity index (χ0n) is 10.4. The summed E-state index contributed by atoms with van der Waals surface area (Å²) < 4.78 is 17.9. The Balaban J connectivity index is 0.000000211. The van der Waals surface area contributed by atoms with Gasteiger partial charge < -0.3 is 8.93 Å². The number of carbonyl (C=O) groups excluding carboxylic acids is 2. The van der Waals surface area contributed by atoms with Crippen LogP contribution in [0.4, 0.5) is 4.39 Å². The standard InChI is InChI=1S/C7H4Br2O2.C7H5FO2/c8-6-3-1-2-5(4-10)7(6)11-9;8-6-3-1-2-5(4-9)7(6)10/h1-4H;1-4,10H. The lowest BCUT2D eigenvalue weighted by molar-refractivity contribution is 0.111. The third-order valence-corrected chi connectivity index (χ3v) is 3.29. The second-order valence-electron chi connectivity index (χ2n) is 3.65. The molecule has 21 heavy (non-hydrogen) atoms. The van der Waals surface area contributed by atoms with E-state index >= 15 is 0 Å². The molecule has 0 atom stereocenters. The maximum absolute atomic E-state index is 12.4. The molecule has 0 bridgehead atoms. The van der Waals surface area contributed by atoms with Crippen molar-refractivity contribution in [3.8, 4) is 11.5 Å². The molecule has 0 aliphatic heterocycles. The molecular weight excluding hydrogens is 411 g/mol. The van der Waals surface area contributed by atoms with Crippen molar-refractivity contribution in [2.24, 2.45) is 0 Å². The molecule has 0 aliphatic rings. The minimum Gasteiger partial charge on any atom is -0.504 e. The molecule has 2 aromatic rings. The number of rotatable bonds is 3. The molecule has 0 saturated carbocycles. The van der Waals surface area contributed by atoms with E-state index in [9.17, 15) is 14.0 Å². The van der Waals surface area contributed by atoms with E-state index in [1.54, 1.807) is 18.2 Å². The molecule has 0 aliphatic carbocycles. The van der Waals surface area contributed by atoms with E-state index in [0.717, 1.165) is 16.8 Å². The second kappa shape index (κ2) is 8.53. The van der Waals surface area contributed by atoms with Crippen LogP contribution in [0, 0.1) is 5.82 Å². The Bertz CT molecular complexity index is 647. The van der Waals surface area contributed by atoms with Crippen LogP contribution in [0.15, 0.2) is 40.9 Å². The minimum absolute atomic E-state index is 0.0278. The van der Waals surface area contributed by atoms with Crippen molar-refractivity contribution in [2.75, 3.05) is 0 Å². The van der Waals surface area contributed by atoms with Gasteiger partial charge in [0.05, 0.1) is 15.6 Å². The van der Waals surface area contributed by atoms with Gasteiger partial charge >= 0.3 is 0 Å². The van der Waals surface area contributed by atoms with Gasteiger partial charge in [-0.05, 0) is 40.2 Å². The van der Waals surface area contributed by atoms with Gasteiger partial charge in [-0.2, -0.15) is 0 Å². The first-order valence-electron chi connectivity index (χ1n) is 5.50. The molecule has 0 amide bonds. The number of phenolic OH excluding ortho intramolecular Hbond substituents is 1. The summed E-state index contributed by atoms with van der Waals surface area (Å²) in [6.45, 7) is 0. The Kier molecular flexibility index (Phi) is 7.04. The molecule has 7 heteroatoms. The smallest absolute Gasteiger partial charge is 0.179 e. The van der Waals surface area contributed by atoms with Crippen LogP contribution >= 0.6 is 32.2 Å². The fourth-order valence-corrected chi connectivity index (χ4v) is 2.37. The lowest BCUT2D eigenvalue weighted by Gasteiger charge is -2.01. The van der Waals surface area contributed by atoms with Crippen LogP contribution < -0.4 is 3.83 Å². The van der Waals surface area contributed by atoms with Gasteiger partial charge in [0.25, 0.3) is 0 Å². The number of hydrogen-bond acceptors (Lipinski definition) is 4. The number of hydrogen-bond donors (Lipinski definition) is 1. The van der Waals surface area contributed by atoms with E-state index in [0.29, 0.717) is 17.6 Å². The van der Waals surface area contributed by atoms with Crippen molar-refractivity contribution in [2.45, 2.75) is 0 Å². The SMILES string of the molecule is O=Cc1cccc(Br)c1OBr.O=Cc1cccc(F)c1O. The third-order valence-electron chi connectivity index (χ3n) is 2.35. The average Bonchev–Trinajstić information content (AvgIpc) is 2.50. The molecule has 2 aromatic carbocycles. The molecule has 1 N–H and O–H groups in total. The highest BCUT2D eigenvalue weighted by Gasteiger charge is 2.05. The summed E-state index contributed by atoms with van der Waals surface area (Å²) >= 11 is 6.05. The van der Waals surface area contributed by atoms with Crippen LogP contribution in [0.25, 0.3) is 0 Å². The Hall–Kier alpha value is -1.73. The number of carbonyl (C=O) groups is 2. The number of phenols is 1. The van der Waals surface area contributed by atoms with Gasteiger partial charge in [0.2, 0.25) is 0 Å². The van der Waals surface area contributed by atoms with Crippen LogP contribution in [-0.4, -0.2) is 17.7 Å². The van der Waals surface area contributed by atoms with Crippen LogP contribution in [-0.2, 0) is 0 Å². The number of benzene rings is 2. The highest BCUT2D eigenvalue weighted by molar-refractivity contribution is 9.10. The van der Waals surface area contributed by atoms with E-state index < -0.39 is 11.6 Å². The van der Waals surface area contributed by atoms with Crippen LogP contribution in [0.5, 0.6) is 11.5 Å². The topological polar surface area (TPSA) is 63.6 Å². The third kappa shape index (κ3) is 4.64. The predicted octanol–water partition coefficient (Wildman–Crippen LogP) is 4.29. The highest BCUT2D eigenvalue weighted by atomic mass is 79.9. The molecule has 2 rings (SSSR count). The van der Waals surface area contributed by atoms with Gasteiger partial charge in [-0.1, -0.05) is 12.1 Å². The van der Waals surface area contributed by atoms with E-state index in [1.165, 1.54) is 12.1 Å². The normalized spacial score (nSPS) is 9.29. The summed E-state index contributed by atoms with van der Waals surface area (Å²) in [5.74, 6) is -0.857. The number of aromatic hydroxyl groups is 1. The van der Waals surface area contributed by atoms with Gasteiger partial charge in [0.1, 0.15) is 0 Å². The molecule has 0 unspecified atom stereocenters. The van der Waals surface area contributed by atoms with Gasteiger partial charge in [-0.15, -0.1) is 0 Å². The first-order valence-corrected chi connectivity index (χ1v) is 6.94. The summed E-state index contributed by atoms with van der Waals surface area (Å²) in [6.07, 6.45) is 1.14. The van der Waals surface area contributed by atoms with E-state index in [2.05, 4.69) is 32.2 Å². The largest absolute Gasteiger partial charge is 0.504 e. The average molecular weight is 420 g/mol. The van der Waals surface area contributed by atoms with Crippen LogP contribution in [0.3, 0.4) is 0 Å². The van der Waals surface area contributed by atoms with Crippen molar-refractivity contribution in [1.82, 2.24) is 0 Å². The van der Waals surface area contributed by atoms with Crippen LogP contribution in [0.2, 0.25) is 0 Å². The van der Waals surface area contributed by atoms with Crippen molar-refractivity contribution in [3.63, 3.8) is 0 Å². The zero-order valence-corrected chi connectivity index (χ0v) is 13.6. The Labute approximate surface area is 137 Å². The van der Waals surface area contributed by atoms with Crippen molar-refractivity contribution in [1.29, 1.82) is 0 Å². The number of para-hydroxylation sites is 2.